The fourth-order valence-electron chi connectivity index (χ4n) is 2.69. The first kappa shape index (κ1) is 20.0. The summed E-state index contributed by atoms with van der Waals surface area (Å²) in [6.07, 6.45) is 4.43. The van der Waals surface area contributed by atoms with Crippen molar-refractivity contribution in [2.45, 2.75) is 36.2 Å². The summed E-state index contributed by atoms with van der Waals surface area (Å²) in [5, 5.41) is 16.9. The normalized spacial score (nSPS) is 17.6. The van der Waals surface area contributed by atoms with Gasteiger partial charge in [0.2, 0.25) is 5.17 Å². The zero-order valence-corrected chi connectivity index (χ0v) is 17.9. The Morgan fingerprint density at radius 3 is 2.83 bits per heavy atom. The Kier molecular flexibility index (Phi) is 5.94. The minimum atomic E-state index is -0.455. The van der Waals surface area contributed by atoms with Gasteiger partial charge in [-0.05, 0) is 67.1 Å². The molecule has 2 aliphatic heterocycles. The molecular formula is C20H17ClN4O2S2. The molecule has 29 heavy (non-hydrogen) atoms. The van der Waals surface area contributed by atoms with Gasteiger partial charge in [0.15, 0.2) is 10.9 Å². The molecule has 9 heteroatoms. The minimum Gasteiger partial charge on any atom is -0.450 e. The summed E-state index contributed by atoms with van der Waals surface area (Å²) in [6.45, 7) is 2.11. The van der Waals surface area contributed by atoms with Crippen LogP contribution in [0.4, 0.5) is 0 Å². The lowest BCUT2D eigenvalue weighted by atomic mass is 10.1. The van der Waals surface area contributed by atoms with E-state index in [1.165, 1.54) is 28.5 Å². The smallest absolute Gasteiger partial charge is 0.283 e. The Morgan fingerprint density at radius 1 is 1.28 bits per heavy atom. The molecule has 2 aromatic rings. The maximum atomic E-state index is 12.5. The van der Waals surface area contributed by atoms with Crippen LogP contribution >= 0.6 is 35.1 Å². The third kappa shape index (κ3) is 4.49. The first-order valence-electron chi connectivity index (χ1n) is 9.06. The second-order valence-corrected chi connectivity index (χ2v) is 8.88. The van der Waals surface area contributed by atoms with Gasteiger partial charge in [0, 0.05) is 9.92 Å². The Morgan fingerprint density at radius 2 is 2.07 bits per heavy atom. The second kappa shape index (κ2) is 8.61. The molecule has 148 valence electrons. The molecule has 0 aliphatic carbocycles. The molecule has 1 aromatic carbocycles. The van der Waals surface area contributed by atoms with Crippen molar-refractivity contribution >= 4 is 63.2 Å². The molecule has 6 nitrogen and oxygen atoms in total. The molecule has 2 aliphatic rings. The first-order chi connectivity index (χ1) is 14.0. The summed E-state index contributed by atoms with van der Waals surface area (Å²) in [7, 11) is 0. The Hall–Kier alpha value is -2.29. The summed E-state index contributed by atoms with van der Waals surface area (Å²) in [4.78, 5) is 17.5. The van der Waals surface area contributed by atoms with Crippen LogP contribution in [0.3, 0.4) is 0 Å². The van der Waals surface area contributed by atoms with Crippen LogP contribution in [-0.4, -0.2) is 27.0 Å². The minimum absolute atomic E-state index is 0.0160. The number of hydrazone groups is 1. The highest BCUT2D eigenvalue weighted by Crippen LogP contribution is 2.32. The third-order valence-corrected chi connectivity index (χ3v) is 6.31. The number of aliphatic imine (C=N–C) groups is 1. The number of fused-ring (bicyclic) bond motifs is 1. The number of hydrogen-bond donors (Lipinski definition) is 1. The fourth-order valence-corrected chi connectivity index (χ4v) is 4.52. The third-order valence-electron chi connectivity index (χ3n) is 4.16. The molecule has 0 bridgehead atoms. The van der Waals surface area contributed by atoms with E-state index in [0.717, 1.165) is 29.2 Å². The van der Waals surface area contributed by atoms with Crippen LogP contribution in [0.2, 0.25) is 5.02 Å². The number of nitrogens with zero attached hydrogens (tertiary/aromatic N) is 3. The fraction of sp³-hybridized carbons (Fsp3) is 0.200. The van der Waals surface area contributed by atoms with Crippen molar-refractivity contribution in [3.63, 3.8) is 0 Å². The monoisotopic (exact) mass is 444 g/mol. The van der Waals surface area contributed by atoms with Gasteiger partial charge in [0.1, 0.15) is 10.8 Å². The number of carbonyl (C=O) groups excluding carboxylic acids is 1. The molecule has 0 atom stereocenters. The summed E-state index contributed by atoms with van der Waals surface area (Å²) in [5.74, 6) is 0.0431. The van der Waals surface area contributed by atoms with Gasteiger partial charge in [-0.2, -0.15) is 15.1 Å². The van der Waals surface area contributed by atoms with Crippen LogP contribution in [0, 0.1) is 5.41 Å². The highest BCUT2D eigenvalue weighted by Gasteiger charge is 2.35. The van der Waals surface area contributed by atoms with Gasteiger partial charge in [0.05, 0.1) is 5.57 Å². The second-order valence-electron chi connectivity index (χ2n) is 6.33. The number of rotatable bonds is 6. The van der Waals surface area contributed by atoms with E-state index >= 15 is 0 Å². The van der Waals surface area contributed by atoms with Crippen LogP contribution < -0.4 is 0 Å². The maximum Gasteiger partial charge on any atom is 0.283 e. The number of amidine groups is 2. The lowest BCUT2D eigenvalue weighted by Gasteiger charge is -2.19. The molecule has 0 saturated carbocycles. The Labute approximate surface area is 181 Å². The van der Waals surface area contributed by atoms with E-state index in [0.29, 0.717) is 21.0 Å². The van der Waals surface area contributed by atoms with E-state index in [4.69, 9.17) is 21.4 Å². The number of hydrogen-bond acceptors (Lipinski definition) is 6. The van der Waals surface area contributed by atoms with Crippen LogP contribution in [-0.2, 0) is 4.79 Å². The zero-order valence-electron chi connectivity index (χ0n) is 15.5. The van der Waals surface area contributed by atoms with Gasteiger partial charge in [0.25, 0.3) is 5.91 Å². The lowest BCUT2D eigenvalue weighted by Crippen LogP contribution is -2.35. The van der Waals surface area contributed by atoms with Gasteiger partial charge >= 0.3 is 0 Å². The molecule has 0 spiro atoms. The van der Waals surface area contributed by atoms with Crippen molar-refractivity contribution in [2.75, 3.05) is 0 Å². The number of benzene rings is 1. The maximum absolute atomic E-state index is 12.5. The number of thioether (sulfide) groups is 1. The highest BCUT2D eigenvalue weighted by molar-refractivity contribution is 8.26. The van der Waals surface area contributed by atoms with Crippen LogP contribution in [0.25, 0.3) is 6.08 Å². The van der Waals surface area contributed by atoms with Crippen molar-refractivity contribution in [2.24, 2.45) is 10.1 Å². The van der Waals surface area contributed by atoms with Gasteiger partial charge in [-0.3, -0.25) is 10.2 Å². The topological polar surface area (TPSA) is 82.0 Å². The number of carbonyl (C=O) groups is 1. The van der Waals surface area contributed by atoms with E-state index in [1.807, 2.05) is 30.3 Å². The van der Waals surface area contributed by atoms with E-state index < -0.39 is 5.91 Å². The molecular weight excluding hydrogens is 428 g/mol. The predicted octanol–water partition coefficient (Wildman–Crippen LogP) is 5.89. The number of furan rings is 1. The molecule has 3 heterocycles. The van der Waals surface area contributed by atoms with E-state index in [9.17, 15) is 4.79 Å². The summed E-state index contributed by atoms with van der Waals surface area (Å²) in [5.41, 5.74) is 0.159. The molecule has 0 radical (unpaired) electrons. The van der Waals surface area contributed by atoms with Gasteiger partial charge in [-0.25, -0.2) is 0 Å². The molecule has 0 saturated heterocycles. The van der Waals surface area contributed by atoms with Gasteiger partial charge in [-0.1, -0.05) is 36.7 Å². The van der Waals surface area contributed by atoms with Crippen LogP contribution in [0.1, 0.15) is 31.9 Å². The Bertz CT molecular complexity index is 1060. The Balaban J connectivity index is 1.52. The molecule has 0 unspecified atom stereocenters. The van der Waals surface area contributed by atoms with Gasteiger partial charge < -0.3 is 4.42 Å². The predicted molar refractivity (Wildman–Crippen MR) is 119 cm³/mol. The van der Waals surface area contributed by atoms with Crippen LogP contribution in [0.5, 0.6) is 0 Å². The van der Waals surface area contributed by atoms with E-state index in [1.54, 1.807) is 12.1 Å². The van der Waals surface area contributed by atoms with Crippen molar-refractivity contribution < 1.29 is 9.21 Å². The molecule has 4 rings (SSSR count). The molecule has 1 amide bonds. The van der Waals surface area contributed by atoms with E-state index in [-0.39, 0.29) is 11.4 Å². The zero-order chi connectivity index (χ0) is 20.4. The van der Waals surface area contributed by atoms with Crippen molar-refractivity contribution in [3.8, 4) is 0 Å². The standard InChI is InChI=1S/C20H17ClN4O2S2/c1-2-3-4-16-24-25-18(22)15(19(26)23-20(25)29-16)11-13-7-10-17(27-13)28-14-8-5-12(21)6-9-14/h5-11,22H,2-4H2,1H3/b15-11-,22-18?. The number of nitrogens with one attached hydrogen (secondary N) is 1. The lowest BCUT2D eigenvalue weighted by molar-refractivity contribution is -0.114. The average molecular weight is 445 g/mol. The average Bonchev–Trinajstić information content (AvgIpc) is 3.32. The molecule has 1 N–H and O–H groups in total. The van der Waals surface area contributed by atoms with Gasteiger partial charge in [-0.15, -0.1) is 0 Å². The summed E-state index contributed by atoms with van der Waals surface area (Å²) >= 11 is 8.71. The van der Waals surface area contributed by atoms with E-state index in [2.05, 4.69) is 17.0 Å². The summed E-state index contributed by atoms with van der Waals surface area (Å²) in [6, 6.07) is 11.0. The van der Waals surface area contributed by atoms with Crippen molar-refractivity contribution in [1.82, 2.24) is 5.01 Å². The highest BCUT2D eigenvalue weighted by atomic mass is 35.5. The first-order valence-corrected chi connectivity index (χ1v) is 11.1. The van der Waals surface area contributed by atoms with Crippen molar-refractivity contribution in [1.29, 1.82) is 5.41 Å². The number of unbranched alkanes of at least 4 members (excludes halogenated alkanes) is 1. The largest absolute Gasteiger partial charge is 0.450 e. The van der Waals surface area contributed by atoms with Crippen LogP contribution in [0.15, 0.2) is 66.5 Å². The summed E-state index contributed by atoms with van der Waals surface area (Å²) < 4.78 is 5.80. The molecule has 1 aromatic heterocycles. The SMILES string of the molecule is CCCCC1=NN2C(=N)/C(=C/c3ccc(Sc4ccc(Cl)cc4)o3)C(=O)N=C2S1. The quantitative estimate of drug-likeness (QED) is 0.561. The van der Waals surface area contributed by atoms with Crippen molar-refractivity contribution in [3.05, 3.63) is 52.8 Å². The molecule has 0 fully saturated rings. The number of amides is 1. The number of halogens is 1.